The normalized spacial score (nSPS) is 11.1. The molecule has 0 aromatic carbocycles. The van der Waals surface area contributed by atoms with Gasteiger partial charge in [0.25, 0.3) is 5.91 Å². The number of carbonyl (C=O) groups excluding carboxylic acids is 1. The van der Waals surface area contributed by atoms with Crippen molar-refractivity contribution in [3.05, 3.63) is 53.6 Å². The Bertz CT molecular complexity index is 612. The number of rotatable bonds is 4. The summed E-state index contributed by atoms with van der Waals surface area (Å²) in [5.41, 5.74) is 6.70. The van der Waals surface area contributed by atoms with Crippen molar-refractivity contribution in [2.45, 2.75) is 6.54 Å². The van der Waals surface area contributed by atoms with E-state index < -0.39 is 0 Å². The highest BCUT2D eigenvalue weighted by molar-refractivity contribution is 5.98. The molecule has 20 heavy (non-hydrogen) atoms. The van der Waals surface area contributed by atoms with E-state index in [4.69, 9.17) is 10.9 Å². The highest BCUT2D eigenvalue weighted by atomic mass is 16.4. The van der Waals surface area contributed by atoms with Crippen LogP contribution in [0, 0.1) is 0 Å². The van der Waals surface area contributed by atoms with E-state index >= 15 is 0 Å². The first-order chi connectivity index (χ1) is 9.70. The quantitative estimate of drug-likeness (QED) is 0.308. The molecule has 0 unspecified atom stereocenters. The number of amidine groups is 1. The van der Waals surface area contributed by atoms with Crippen molar-refractivity contribution in [3.8, 4) is 0 Å². The average molecular weight is 272 g/mol. The minimum atomic E-state index is -0.346. The zero-order chi connectivity index (χ0) is 14.4. The predicted octanol–water partition coefficient (Wildman–Crippen LogP) is -0.104. The molecule has 2 aromatic heterocycles. The van der Waals surface area contributed by atoms with Crippen LogP contribution in [0.15, 0.2) is 41.8 Å². The van der Waals surface area contributed by atoms with Gasteiger partial charge in [0.05, 0.1) is 12.2 Å². The van der Waals surface area contributed by atoms with Crippen molar-refractivity contribution in [1.29, 1.82) is 0 Å². The number of nitrogens with zero attached hydrogens (tertiary/aromatic N) is 4. The third-order valence-corrected chi connectivity index (χ3v) is 2.46. The molecule has 0 fully saturated rings. The monoisotopic (exact) mass is 272 g/mol. The van der Waals surface area contributed by atoms with Gasteiger partial charge in [-0.15, -0.1) is 0 Å². The molecular weight excluding hydrogens is 260 g/mol. The molecule has 0 aliphatic heterocycles. The topological polar surface area (TPSA) is 126 Å². The molecule has 0 aliphatic carbocycles. The Morgan fingerprint density at radius 1 is 1.40 bits per heavy atom. The van der Waals surface area contributed by atoms with Crippen LogP contribution >= 0.6 is 0 Å². The summed E-state index contributed by atoms with van der Waals surface area (Å²) in [7, 11) is 0. The summed E-state index contributed by atoms with van der Waals surface area (Å²) in [6, 6.07) is 6.51. The zero-order valence-corrected chi connectivity index (χ0v) is 10.4. The third-order valence-electron chi connectivity index (χ3n) is 2.46. The Morgan fingerprint density at radius 2 is 2.25 bits per heavy atom. The van der Waals surface area contributed by atoms with Gasteiger partial charge in [-0.1, -0.05) is 5.16 Å². The van der Waals surface area contributed by atoms with E-state index in [1.807, 2.05) is 0 Å². The highest BCUT2D eigenvalue weighted by Gasteiger charge is 2.08. The van der Waals surface area contributed by atoms with Gasteiger partial charge < -0.3 is 16.3 Å². The van der Waals surface area contributed by atoms with Gasteiger partial charge in [0.2, 0.25) is 0 Å². The Hall–Kier alpha value is -3.03. The van der Waals surface area contributed by atoms with Crippen LogP contribution in [0.3, 0.4) is 0 Å². The van der Waals surface area contributed by atoms with E-state index in [1.165, 1.54) is 12.3 Å². The molecule has 8 nitrogen and oxygen atoms in total. The summed E-state index contributed by atoms with van der Waals surface area (Å²) >= 11 is 0. The van der Waals surface area contributed by atoms with Crippen molar-refractivity contribution in [3.63, 3.8) is 0 Å². The fourth-order valence-electron chi connectivity index (χ4n) is 1.43. The van der Waals surface area contributed by atoms with Crippen LogP contribution < -0.4 is 11.1 Å². The third kappa shape index (κ3) is 3.25. The minimum Gasteiger partial charge on any atom is -0.409 e. The first-order valence-corrected chi connectivity index (χ1v) is 5.69. The Morgan fingerprint density at radius 3 is 2.85 bits per heavy atom. The second-order valence-corrected chi connectivity index (χ2v) is 3.82. The Labute approximate surface area is 114 Å². The first-order valence-electron chi connectivity index (χ1n) is 5.69. The van der Waals surface area contributed by atoms with E-state index in [1.54, 1.807) is 24.4 Å². The molecule has 4 N–H and O–H groups in total. The molecule has 0 aliphatic rings. The maximum atomic E-state index is 11.8. The first kappa shape index (κ1) is 13.4. The van der Waals surface area contributed by atoms with E-state index in [9.17, 15) is 4.79 Å². The second kappa shape index (κ2) is 6.23. The SMILES string of the molecule is N/C(=N/O)c1ccc(C(=O)NCc2cccnn2)nc1. The molecule has 0 atom stereocenters. The van der Waals surface area contributed by atoms with Crippen LogP contribution in [-0.2, 0) is 6.54 Å². The molecule has 0 saturated heterocycles. The summed E-state index contributed by atoms with van der Waals surface area (Å²) in [4.78, 5) is 15.8. The van der Waals surface area contributed by atoms with Crippen LogP contribution in [-0.4, -0.2) is 32.1 Å². The van der Waals surface area contributed by atoms with Gasteiger partial charge in [-0.25, -0.2) is 0 Å². The van der Waals surface area contributed by atoms with Gasteiger partial charge in [0.15, 0.2) is 5.84 Å². The number of amides is 1. The number of nitrogens with one attached hydrogen (secondary N) is 1. The second-order valence-electron chi connectivity index (χ2n) is 3.82. The molecule has 8 heteroatoms. The van der Waals surface area contributed by atoms with Crippen LogP contribution in [0.5, 0.6) is 0 Å². The number of oxime groups is 1. The lowest BCUT2D eigenvalue weighted by molar-refractivity contribution is 0.0945. The zero-order valence-electron chi connectivity index (χ0n) is 10.4. The largest absolute Gasteiger partial charge is 0.409 e. The van der Waals surface area contributed by atoms with Crippen molar-refractivity contribution >= 4 is 11.7 Å². The highest BCUT2D eigenvalue weighted by Crippen LogP contribution is 2.01. The maximum Gasteiger partial charge on any atom is 0.270 e. The molecule has 2 rings (SSSR count). The molecule has 1 amide bonds. The fourth-order valence-corrected chi connectivity index (χ4v) is 1.43. The molecule has 0 saturated carbocycles. The molecule has 0 bridgehead atoms. The number of nitrogens with two attached hydrogens (primary N) is 1. The van der Waals surface area contributed by atoms with Gasteiger partial charge in [-0.05, 0) is 24.3 Å². The molecule has 0 spiro atoms. The van der Waals surface area contributed by atoms with Crippen molar-refractivity contribution in [2.75, 3.05) is 0 Å². The number of aromatic nitrogens is 3. The molecule has 102 valence electrons. The number of hydrogen-bond acceptors (Lipinski definition) is 6. The standard InChI is InChI=1S/C12H12N6O2/c13-11(18-20)8-3-4-10(14-6-8)12(19)15-7-9-2-1-5-16-17-9/h1-6,20H,7H2,(H2,13,18)(H,15,19). The van der Waals surface area contributed by atoms with E-state index in [-0.39, 0.29) is 24.0 Å². The summed E-state index contributed by atoms with van der Waals surface area (Å²) < 4.78 is 0. The molecule has 2 heterocycles. The number of pyridine rings is 1. The fraction of sp³-hybridized carbons (Fsp3) is 0.0833. The van der Waals surface area contributed by atoms with Crippen molar-refractivity contribution in [2.24, 2.45) is 10.9 Å². The number of carbonyl (C=O) groups is 1. The van der Waals surface area contributed by atoms with Crippen LogP contribution in [0.4, 0.5) is 0 Å². The summed E-state index contributed by atoms with van der Waals surface area (Å²) in [5, 5.41) is 21.6. The van der Waals surface area contributed by atoms with Gasteiger partial charge in [-0.3, -0.25) is 9.78 Å². The smallest absolute Gasteiger partial charge is 0.270 e. The molecule has 2 aromatic rings. The van der Waals surface area contributed by atoms with Gasteiger partial charge in [0.1, 0.15) is 5.69 Å². The van der Waals surface area contributed by atoms with Gasteiger partial charge in [0, 0.05) is 18.0 Å². The summed E-state index contributed by atoms with van der Waals surface area (Å²) in [5.74, 6) is -0.411. The molecule has 0 radical (unpaired) electrons. The predicted molar refractivity (Wildman–Crippen MR) is 70.0 cm³/mol. The average Bonchev–Trinajstić information content (AvgIpc) is 2.53. The van der Waals surface area contributed by atoms with Crippen molar-refractivity contribution < 1.29 is 10.0 Å². The summed E-state index contributed by atoms with van der Waals surface area (Å²) in [6.07, 6.45) is 2.91. The van der Waals surface area contributed by atoms with Crippen LogP contribution in [0.1, 0.15) is 21.7 Å². The maximum absolute atomic E-state index is 11.8. The lowest BCUT2D eigenvalue weighted by Gasteiger charge is -2.04. The van der Waals surface area contributed by atoms with E-state index in [0.29, 0.717) is 11.3 Å². The molecular formula is C12H12N6O2. The van der Waals surface area contributed by atoms with E-state index in [0.717, 1.165) is 0 Å². The summed E-state index contributed by atoms with van der Waals surface area (Å²) in [6.45, 7) is 0.260. The van der Waals surface area contributed by atoms with E-state index in [2.05, 4.69) is 25.7 Å². The van der Waals surface area contributed by atoms with Crippen LogP contribution in [0.2, 0.25) is 0 Å². The lowest BCUT2D eigenvalue weighted by Crippen LogP contribution is -2.24. The van der Waals surface area contributed by atoms with Gasteiger partial charge >= 0.3 is 0 Å². The number of hydrogen-bond donors (Lipinski definition) is 3. The van der Waals surface area contributed by atoms with Crippen molar-refractivity contribution in [1.82, 2.24) is 20.5 Å². The van der Waals surface area contributed by atoms with Crippen LogP contribution in [0.25, 0.3) is 0 Å². The Balaban J connectivity index is 1.99. The lowest BCUT2D eigenvalue weighted by atomic mass is 10.2. The van der Waals surface area contributed by atoms with Gasteiger partial charge in [-0.2, -0.15) is 10.2 Å². The minimum absolute atomic E-state index is 0.0657. The Kier molecular flexibility index (Phi) is 4.17.